The highest BCUT2D eigenvalue weighted by Crippen LogP contribution is 2.25. The Morgan fingerprint density at radius 3 is 1.44 bits per heavy atom. The van der Waals surface area contributed by atoms with Gasteiger partial charge in [-0.2, -0.15) is 0 Å². The van der Waals surface area contributed by atoms with Gasteiger partial charge in [0.1, 0.15) is 0 Å². The van der Waals surface area contributed by atoms with Crippen LogP contribution < -0.4 is 0 Å². The molecule has 0 saturated heterocycles. The highest BCUT2D eigenvalue weighted by molar-refractivity contribution is 5.99. The van der Waals surface area contributed by atoms with Crippen LogP contribution in [0.5, 0.6) is 0 Å². The summed E-state index contributed by atoms with van der Waals surface area (Å²) in [6.07, 6.45) is 21.1. The fraction of sp³-hybridized carbons (Fsp3) is 0.706. The maximum atomic E-state index is 11.8. The Labute approximate surface area is 111 Å². The molecule has 2 aliphatic carbocycles. The van der Waals surface area contributed by atoms with Crippen molar-refractivity contribution >= 4 is 5.78 Å². The molecule has 0 spiro atoms. The molecule has 18 heavy (non-hydrogen) atoms. The van der Waals surface area contributed by atoms with Gasteiger partial charge in [-0.05, 0) is 49.7 Å². The Morgan fingerprint density at radius 2 is 1.06 bits per heavy atom. The summed E-state index contributed by atoms with van der Waals surface area (Å²) in [5.74, 6) is 1.50. The van der Waals surface area contributed by atoms with Crippen molar-refractivity contribution in [3.05, 3.63) is 24.3 Å². The molecule has 0 aromatic carbocycles. The molecule has 1 heteroatoms. The van der Waals surface area contributed by atoms with Crippen LogP contribution in [0.1, 0.15) is 64.2 Å². The van der Waals surface area contributed by atoms with Crippen LogP contribution in [0.25, 0.3) is 0 Å². The third kappa shape index (κ3) is 4.80. The summed E-state index contributed by atoms with van der Waals surface area (Å²) in [6.45, 7) is 0. The molecule has 0 bridgehead atoms. The molecule has 0 radical (unpaired) electrons. The molecule has 0 aromatic rings. The Morgan fingerprint density at radius 1 is 0.667 bits per heavy atom. The third-order valence-electron chi connectivity index (χ3n) is 4.36. The lowest BCUT2D eigenvalue weighted by atomic mass is 9.88. The van der Waals surface area contributed by atoms with Gasteiger partial charge >= 0.3 is 0 Å². The number of carbonyl (C=O) groups excluding carboxylic acids is 1. The summed E-state index contributed by atoms with van der Waals surface area (Å²) in [7, 11) is 0. The van der Waals surface area contributed by atoms with Crippen molar-refractivity contribution in [1.29, 1.82) is 0 Å². The minimum Gasteiger partial charge on any atom is -0.290 e. The van der Waals surface area contributed by atoms with Gasteiger partial charge in [0.2, 0.25) is 0 Å². The molecule has 2 saturated carbocycles. The molecule has 2 aliphatic rings. The second-order valence-corrected chi connectivity index (χ2v) is 5.92. The lowest BCUT2D eigenvalue weighted by Crippen LogP contribution is -2.04. The molecule has 2 rings (SSSR count). The van der Waals surface area contributed by atoms with E-state index in [4.69, 9.17) is 0 Å². The molecule has 0 heterocycles. The van der Waals surface area contributed by atoms with Crippen LogP contribution in [0.2, 0.25) is 0 Å². The van der Waals surface area contributed by atoms with Gasteiger partial charge in [-0.3, -0.25) is 4.79 Å². The predicted molar refractivity (Wildman–Crippen MR) is 76.4 cm³/mol. The van der Waals surface area contributed by atoms with Crippen LogP contribution in [-0.2, 0) is 4.79 Å². The van der Waals surface area contributed by atoms with E-state index in [0.717, 1.165) is 0 Å². The van der Waals surface area contributed by atoms with Crippen molar-refractivity contribution in [3.8, 4) is 0 Å². The lowest BCUT2D eigenvalue weighted by molar-refractivity contribution is -0.110. The second-order valence-electron chi connectivity index (χ2n) is 5.92. The van der Waals surface area contributed by atoms with E-state index in [1.165, 1.54) is 64.2 Å². The average molecular weight is 246 g/mol. The van der Waals surface area contributed by atoms with E-state index < -0.39 is 0 Å². The molecular weight excluding hydrogens is 220 g/mol. The fourth-order valence-corrected chi connectivity index (χ4v) is 3.17. The molecule has 0 aliphatic heterocycles. The van der Waals surface area contributed by atoms with E-state index in [0.29, 0.717) is 11.8 Å². The van der Waals surface area contributed by atoms with E-state index >= 15 is 0 Å². The van der Waals surface area contributed by atoms with Crippen LogP contribution in [0.3, 0.4) is 0 Å². The standard InChI is InChI=1S/C17H26O/c18-17(13-11-15-7-3-1-4-8-15)14-12-16-9-5-2-6-10-16/h11-16H,1-10H2. The summed E-state index contributed by atoms with van der Waals surface area (Å²) in [5, 5.41) is 0. The van der Waals surface area contributed by atoms with Crippen LogP contribution >= 0.6 is 0 Å². The SMILES string of the molecule is O=C(C=CC1CCCCC1)C=CC1CCCCC1. The van der Waals surface area contributed by atoms with Gasteiger partial charge in [0, 0.05) is 0 Å². The monoisotopic (exact) mass is 246 g/mol. The van der Waals surface area contributed by atoms with E-state index in [1.807, 2.05) is 0 Å². The Bertz CT molecular complexity index is 272. The molecule has 1 nitrogen and oxygen atoms in total. The number of hydrogen-bond donors (Lipinski definition) is 0. The molecule has 0 atom stereocenters. The molecule has 100 valence electrons. The maximum Gasteiger partial charge on any atom is 0.178 e. The van der Waals surface area contributed by atoms with Crippen LogP contribution in [0, 0.1) is 11.8 Å². The van der Waals surface area contributed by atoms with E-state index in [2.05, 4.69) is 12.2 Å². The summed E-state index contributed by atoms with van der Waals surface area (Å²) in [6, 6.07) is 0. The van der Waals surface area contributed by atoms with Crippen LogP contribution in [0.15, 0.2) is 24.3 Å². The normalized spacial score (nSPS) is 24.0. The average Bonchev–Trinajstić information content (AvgIpc) is 2.45. The maximum absolute atomic E-state index is 11.8. The van der Waals surface area contributed by atoms with E-state index in [-0.39, 0.29) is 5.78 Å². The zero-order chi connectivity index (χ0) is 12.6. The molecule has 0 N–H and O–H groups in total. The van der Waals surface area contributed by atoms with E-state index in [1.54, 1.807) is 12.2 Å². The first kappa shape index (κ1) is 13.6. The van der Waals surface area contributed by atoms with Gasteiger partial charge in [-0.25, -0.2) is 0 Å². The number of ketones is 1. The van der Waals surface area contributed by atoms with Crippen molar-refractivity contribution in [2.75, 3.05) is 0 Å². The van der Waals surface area contributed by atoms with Crippen molar-refractivity contribution in [3.63, 3.8) is 0 Å². The highest BCUT2D eigenvalue weighted by atomic mass is 16.1. The van der Waals surface area contributed by atoms with Gasteiger partial charge in [-0.15, -0.1) is 0 Å². The fourth-order valence-electron chi connectivity index (χ4n) is 3.17. The second kappa shape index (κ2) is 7.56. The largest absolute Gasteiger partial charge is 0.290 e. The highest BCUT2D eigenvalue weighted by Gasteiger charge is 2.11. The first-order valence-electron chi connectivity index (χ1n) is 7.75. The molecular formula is C17H26O. The Kier molecular flexibility index (Phi) is 5.70. The smallest absolute Gasteiger partial charge is 0.178 e. The molecule has 0 amide bonds. The van der Waals surface area contributed by atoms with E-state index in [9.17, 15) is 4.79 Å². The summed E-state index contributed by atoms with van der Waals surface area (Å²) >= 11 is 0. The van der Waals surface area contributed by atoms with Crippen molar-refractivity contribution in [1.82, 2.24) is 0 Å². The van der Waals surface area contributed by atoms with Crippen molar-refractivity contribution in [2.24, 2.45) is 11.8 Å². The third-order valence-corrected chi connectivity index (χ3v) is 4.36. The minimum atomic E-state index is 0.186. The predicted octanol–water partition coefficient (Wildman–Crippen LogP) is 4.83. The number of rotatable bonds is 4. The minimum absolute atomic E-state index is 0.186. The first-order chi connectivity index (χ1) is 8.84. The van der Waals surface area contributed by atoms with Crippen LogP contribution in [-0.4, -0.2) is 5.78 Å². The number of carbonyl (C=O) groups is 1. The lowest BCUT2D eigenvalue weighted by Gasteiger charge is -2.18. The quantitative estimate of drug-likeness (QED) is 0.649. The number of hydrogen-bond acceptors (Lipinski definition) is 1. The zero-order valence-electron chi connectivity index (χ0n) is 11.4. The first-order valence-corrected chi connectivity index (χ1v) is 7.75. The van der Waals surface area contributed by atoms with Gasteiger partial charge in [0.15, 0.2) is 5.78 Å². The molecule has 2 fully saturated rings. The van der Waals surface area contributed by atoms with Crippen molar-refractivity contribution in [2.45, 2.75) is 64.2 Å². The molecule has 0 unspecified atom stereocenters. The summed E-state index contributed by atoms with van der Waals surface area (Å²) < 4.78 is 0. The van der Waals surface area contributed by atoms with Gasteiger partial charge in [-0.1, -0.05) is 50.7 Å². The summed E-state index contributed by atoms with van der Waals surface area (Å²) in [5.41, 5.74) is 0. The molecule has 0 aromatic heterocycles. The Hall–Kier alpha value is -0.850. The number of allylic oxidation sites excluding steroid dienone is 4. The zero-order valence-corrected chi connectivity index (χ0v) is 11.4. The van der Waals surface area contributed by atoms with Gasteiger partial charge in [0.25, 0.3) is 0 Å². The van der Waals surface area contributed by atoms with Crippen LogP contribution in [0.4, 0.5) is 0 Å². The topological polar surface area (TPSA) is 17.1 Å². The summed E-state index contributed by atoms with van der Waals surface area (Å²) in [4.78, 5) is 11.8. The van der Waals surface area contributed by atoms with Gasteiger partial charge in [0.05, 0.1) is 0 Å². The Balaban J connectivity index is 1.73. The van der Waals surface area contributed by atoms with Gasteiger partial charge < -0.3 is 0 Å². The van der Waals surface area contributed by atoms with Crippen molar-refractivity contribution < 1.29 is 4.79 Å².